The zero-order valence-electron chi connectivity index (χ0n) is 7.42. The summed E-state index contributed by atoms with van der Waals surface area (Å²) in [6, 6.07) is 0. The van der Waals surface area contributed by atoms with Crippen LogP contribution in [0.15, 0.2) is 6.33 Å². The summed E-state index contributed by atoms with van der Waals surface area (Å²) in [6.45, 7) is 5.39. The molecule has 1 rings (SSSR count). The zero-order chi connectivity index (χ0) is 9.14. The van der Waals surface area contributed by atoms with Crippen molar-refractivity contribution in [2.45, 2.75) is 26.9 Å². The molecule has 12 heavy (non-hydrogen) atoms. The molecule has 0 aromatic carbocycles. The lowest BCUT2D eigenvalue weighted by Crippen LogP contribution is -2.12. The highest BCUT2D eigenvalue weighted by atomic mass is 16.5. The number of carbonyl (C=O) groups is 1. The smallest absolute Gasteiger partial charge is 0.359 e. The van der Waals surface area contributed by atoms with Gasteiger partial charge in [-0.25, -0.2) is 9.78 Å². The number of aryl methyl sites for hydroxylation is 1. The van der Waals surface area contributed by atoms with Gasteiger partial charge in [0.25, 0.3) is 0 Å². The average Bonchev–Trinajstić information content (AvgIpc) is 2.33. The van der Waals surface area contributed by atoms with E-state index in [1.54, 1.807) is 20.8 Å². The van der Waals surface area contributed by atoms with E-state index in [0.717, 1.165) is 5.69 Å². The van der Waals surface area contributed by atoms with Crippen LogP contribution < -0.4 is 0 Å². The molecule has 0 aliphatic rings. The van der Waals surface area contributed by atoms with Gasteiger partial charge in [-0.15, -0.1) is 0 Å². The fraction of sp³-hybridized carbons (Fsp3) is 0.500. The molecule has 0 aliphatic carbocycles. The van der Waals surface area contributed by atoms with Crippen molar-refractivity contribution in [1.29, 1.82) is 0 Å². The standard InChI is InChI=1S/C8H12N2O2/c1-5(2)12-8(11)7-6(3)9-4-10-7/h4-5H,1-3H3,(H,9,10). The van der Waals surface area contributed by atoms with Crippen LogP contribution in [0.25, 0.3) is 0 Å². The molecule has 4 heteroatoms. The Bertz CT molecular complexity index is 278. The van der Waals surface area contributed by atoms with Gasteiger partial charge >= 0.3 is 5.97 Å². The first-order chi connectivity index (χ1) is 5.61. The number of hydrogen-bond acceptors (Lipinski definition) is 3. The average molecular weight is 168 g/mol. The molecule has 0 amide bonds. The Hall–Kier alpha value is -1.32. The van der Waals surface area contributed by atoms with Crippen LogP contribution in [0, 0.1) is 6.92 Å². The first-order valence-electron chi connectivity index (χ1n) is 3.82. The highest BCUT2D eigenvalue weighted by Crippen LogP contribution is 2.04. The first kappa shape index (κ1) is 8.77. The number of hydrogen-bond donors (Lipinski definition) is 1. The van der Waals surface area contributed by atoms with Gasteiger partial charge in [-0.2, -0.15) is 0 Å². The molecule has 0 radical (unpaired) electrons. The Morgan fingerprint density at radius 3 is 2.75 bits per heavy atom. The Labute approximate surface area is 71.0 Å². The summed E-state index contributed by atoms with van der Waals surface area (Å²) in [4.78, 5) is 17.9. The van der Waals surface area contributed by atoms with Crippen molar-refractivity contribution in [2.75, 3.05) is 0 Å². The fourth-order valence-electron chi connectivity index (χ4n) is 0.835. The minimum absolute atomic E-state index is 0.103. The van der Waals surface area contributed by atoms with Crippen LogP contribution in [-0.4, -0.2) is 22.0 Å². The van der Waals surface area contributed by atoms with Crippen molar-refractivity contribution in [3.63, 3.8) is 0 Å². The van der Waals surface area contributed by atoms with Gasteiger partial charge < -0.3 is 9.72 Å². The normalized spacial score (nSPS) is 10.3. The van der Waals surface area contributed by atoms with Crippen LogP contribution in [0.1, 0.15) is 30.0 Å². The van der Waals surface area contributed by atoms with Gasteiger partial charge in [-0.1, -0.05) is 0 Å². The van der Waals surface area contributed by atoms with Crippen LogP contribution in [0.4, 0.5) is 0 Å². The number of aromatic nitrogens is 2. The second kappa shape index (κ2) is 3.38. The van der Waals surface area contributed by atoms with Crippen molar-refractivity contribution in [2.24, 2.45) is 0 Å². The first-order valence-corrected chi connectivity index (χ1v) is 3.82. The minimum atomic E-state index is -0.372. The van der Waals surface area contributed by atoms with E-state index < -0.39 is 0 Å². The predicted molar refractivity (Wildman–Crippen MR) is 43.9 cm³/mol. The molecule has 1 heterocycles. The number of nitrogens with zero attached hydrogens (tertiary/aromatic N) is 1. The van der Waals surface area contributed by atoms with E-state index in [4.69, 9.17) is 4.74 Å². The monoisotopic (exact) mass is 168 g/mol. The van der Waals surface area contributed by atoms with Crippen LogP contribution in [0.5, 0.6) is 0 Å². The zero-order valence-corrected chi connectivity index (χ0v) is 7.42. The Balaban J connectivity index is 2.72. The molecule has 4 nitrogen and oxygen atoms in total. The number of ether oxygens (including phenoxy) is 1. The predicted octanol–water partition coefficient (Wildman–Crippen LogP) is 1.28. The molecular formula is C8H12N2O2. The van der Waals surface area contributed by atoms with E-state index in [2.05, 4.69) is 9.97 Å². The van der Waals surface area contributed by atoms with Crippen LogP contribution in [0.3, 0.4) is 0 Å². The molecule has 66 valence electrons. The maximum atomic E-state index is 11.2. The lowest BCUT2D eigenvalue weighted by molar-refractivity contribution is 0.0370. The Kier molecular flexibility index (Phi) is 2.47. The van der Waals surface area contributed by atoms with Crippen molar-refractivity contribution in [1.82, 2.24) is 9.97 Å². The summed E-state index contributed by atoms with van der Waals surface area (Å²) >= 11 is 0. The van der Waals surface area contributed by atoms with Crippen LogP contribution >= 0.6 is 0 Å². The number of imidazole rings is 1. The van der Waals surface area contributed by atoms with Crippen molar-refractivity contribution < 1.29 is 9.53 Å². The van der Waals surface area contributed by atoms with E-state index in [1.807, 2.05) is 0 Å². The summed E-state index contributed by atoms with van der Waals surface area (Å²) in [5, 5.41) is 0. The van der Waals surface area contributed by atoms with E-state index >= 15 is 0 Å². The molecule has 0 unspecified atom stereocenters. The quantitative estimate of drug-likeness (QED) is 0.677. The number of aromatic amines is 1. The largest absolute Gasteiger partial charge is 0.458 e. The summed E-state index contributed by atoms with van der Waals surface area (Å²) in [6.07, 6.45) is 1.38. The molecule has 0 saturated heterocycles. The van der Waals surface area contributed by atoms with Gasteiger partial charge in [0.2, 0.25) is 0 Å². The van der Waals surface area contributed by atoms with Gasteiger partial charge in [0.15, 0.2) is 5.69 Å². The third-order valence-corrected chi connectivity index (χ3v) is 1.37. The molecule has 0 bridgehead atoms. The molecule has 0 spiro atoms. The second-order valence-electron chi connectivity index (χ2n) is 2.83. The van der Waals surface area contributed by atoms with E-state index in [9.17, 15) is 4.79 Å². The molecular weight excluding hydrogens is 156 g/mol. The molecule has 0 saturated carbocycles. The SMILES string of the molecule is Cc1[nH]cnc1C(=O)OC(C)C. The number of esters is 1. The van der Waals surface area contributed by atoms with Gasteiger partial charge in [-0.05, 0) is 20.8 Å². The summed E-state index contributed by atoms with van der Waals surface area (Å²) in [7, 11) is 0. The lowest BCUT2D eigenvalue weighted by atomic mass is 10.3. The third-order valence-electron chi connectivity index (χ3n) is 1.37. The van der Waals surface area contributed by atoms with Crippen molar-refractivity contribution in [3.8, 4) is 0 Å². The third kappa shape index (κ3) is 1.84. The van der Waals surface area contributed by atoms with Crippen molar-refractivity contribution >= 4 is 5.97 Å². The maximum absolute atomic E-state index is 11.2. The summed E-state index contributed by atoms with van der Waals surface area (Å²) < 4.78 is 4.95. The minimum Gasteiger partial charge on any atom is -0.458 e. The Morgan fingerprint density at radius 1 is 1.67 bits per heavy atom. The Morgan fingerprint density at radius 2 is 2.33 bits per heavy atom. The van der Waals surface area contributed by atoms with E-state index in [-0.39, 0.29) is 12.1 Å². The molecule has 1 N–H and O–H groups in total. The summed E-state index contributed by atoms with van der Waals surface area (Å²) in [5.41, 5.74) is 1.10. The highest BCUT2D eigenvalue weighted by Gasteiger charge is 2.13. The maximum Gasteiger partial charge on any atom is 0.359 e. The number of nitrogens with one attached hydrogen (secondary N) is 1. The van der Waals surface area contributed by atoms with Gasteiger partial charge in [0, 0.05) is 5.69 Å². The van der Waals surface area contributed by atoms with Gasteiger partial charge in [0.1, 0.15) is 0 Å². The molecule has 1 aromatic rings. The van der Waals surface area contributed by atoms with E-state index in [1.165, 1.54) is 6.33 Å². The van der Waals surface area contributed by atoms with Crippen LogP contribution in [-0.2, 0) is 4.74 Å². The fourth-order valence-corrected chi connectivity index (χ4v) is 0.835. The van der Waals surface area contributed by atoms with Crippen molar-refractivity contribution in [3.05, 3.63) is 17.7 Å². The summed E-state index contributed by atoms with van der Waals surface area (Å²) in [5.74, 6) is -0.372. The second-order valence-corrected chi connectivity index (χ2v) is 2.83. The number of rotatable bonds is 2. The van der Waals surface area contributed by atoms with Gasteiger partial charge in [0.05, 0.1) is 12.4 Å². The van der Waals surface area contributed by atoms with Gasteiger partial charge in [-0.3, -0.25) is 0 Å². The number of H-pyrrole nitrogens is 1. The molecule has 1 aromatic heterocycles. The highest BCUT2D eigenvalue weighted by molar-refractivity contribution is 5.88. The topological polar surface area (TPSA) is 55.0 Å². The number of carbonyl (C=O) groups excluding carboxylic acids is 1. The molecule has 0 fully saturated rings. The van der Waals surface area contributed by atoms with E-state index in [0.29, 0.717) is 5.69 Å². The van der Waals surface area contributed by atoms with Crippen LogP contribution in [0.2, 0.25) is 0 Å². The molecule has 0 aliphatic heterocycles. The lowest BCUT2D eigenvalue weighted by Gasteiger charge is -2.05. The molecule has 0 atom stereocenters.